The second kappa shape index (κ2) is 6.43. The number of hydrogen-bond acceptors (Lipinski definition) is 3. The van der Waals surface area contributed by atoms with Gasteiger partial charge in [0.25, 0.3) is 5.91 Å². The lowest BCUT2D eigenvalue weighted by Crippen LogP contribution is -2.27. The van der Waals surface area contributed by atoms with Gasteiger partial charge in [0.1, 0.15) is 11.6 Å². The van der Waals surface area contributed by atoms with Crippen LogP contribution in [-0.2, 0) is 13.1 Å². The molecule has 0 aliphatic rings. The van der Waals surface area contributed by atoms with E-state index in [-0.39, 0.29) is 11.7 Å². The van der Waals surface area contributed by atoms with Crippen molar-refractivity contribution < 1.29 is 9.18 Å². The highest BCUT2D eigenvalue weighted by atomic mass is 19.1. The van der Waals surface area contributed by atoms with Crippen molar-refractivity contribution >= 4 is 16.9 Å². The number of aryl methyl sites for hydroxylation is 1. The Kier molecular flexibility index (Phi) is 4.33. The van der Waals surface area contributed by atoms with Gasteiger partial charge in [-0.15, -0.1) is 0 Å². The standard InChI is InChI=1S/C17H20FN5O/c1-4-7-23-11(2)13(9-19-23)17(24)22(3)10-16-20-14-6-5-12(18)8-15(14)21-16/h5-6,8-9H,4,7,10H2,1-3H3,(H,20,21). The lowest BCUT2D eigenvalue weighted by atomic mass is 10.2. The van der Waals surface area contributed by atoms with Gasteiger partial charge in [-0.3, -0.25) is 9.48 Å². The number of carbonyl (C=O) groups is 1. The van der Waals surface area contributed by atoms with E-state index < -0.39 is 0 Å². The van der Waals surface area contributed by atoms with Crippen molar-refractivity contribution in [2.75, 3.05) is 7.05 Å². The summed E-state index contributed by atoms with van der Waals surface area (Å²) in [5.74, 6) is 0.188. The second-order valence-electron chi connectivity index (χ2n) is 5.87. The number of aromatic nitrogens is 4. The van der Waals surface area contributed by atoms with Crippen LogP contribution in [0.5, 0.6) is 0 Å². The fraction of sp³-hybridized carbons (Fsp3) is 0.353. The molecule has 0 radical (unpaired) electrons. The van der Waals surface area contributed by atoms with E-state index >= 15 is 0 Å². The van der Waals surface area contributed by atoms with Crippen LogP contribution >= 0.6 is 0 Å². The Morgan fingerprint density at radius 3 is 2.96 bits per heavy atom. The molecule has 1 N–H and O–H groups in total. The van der Waals surface area contributed by atoms with Crippen LogP contribution in [0.1, 0.15) is 35.2 Å². The molecule has 0 fully saturated rings. The predicted octanol–water partition coefficient (Wildman–Crippen LogP) is 2.89. The largest absolute Gasteiger partial charge is 0.340 e. The van der Waals surface area contributed by atoms with Gasteiger partial charge in [-0.05, 0) is 31.5 Å². The monoisotopic (exact) mass is 329 g/mol. The average molecular weight is 329 g/mol. The van der Waals surface area contributed by atoms with Crippen LogP contribution in [-0.4, -0.2) is 37.6 Å². The summed E-state index contributed by atoms with van der Waals surface area (Å²) in [7, 11) is 1.71. The molecule has 0 unspecified atom stereocenters. The van der Waals surface area contributed by atoms with Crippen molar-refractivity contribution in [3.05, 3.63) is 47.3 Å². The molecule has 0 spiro atoms. The maximum absolute atomic E-state index is 13.2. The first-order chi connectivity index (χ1) is 11.5. The van der Waals surface area contributed by atoms with Gasteiger partial charge in [-0.25, -0.2) is 9.37 Å². The van der Waals surface area contributed by atoms with Gasteiger partial charge in [-0.1, -0.05) is 6.92 Å². The van der Waals surface area contributed by atoms with Gasteiger partial charge in [-0.2, -0.15) is 5.10 Å². The molecular weight excluding hydrogens is 309 g/mol. The number of amides is 1. The van der Waals surface area contributed by atoms with Crippen LogP contribution in [0.2, 0.25) is 0 Å². The van der Waals surface area contributed by atoms with Crippen LogP contribution in [0, 0.1) is 12.7 Å². The van der Waals surface area contributed by atoms with E-state index in [0.717, 1.165) is 18.7 Å². The van der Waals surface area contributed by atoms with Crippen LogP contribution in [0.4, 0.5) is 4.39 Å². The third-order valence-electron chi connectivity index (χ3n) is 4.00. The molecule has 1 amide bonds. The zero-order valence-corrected chi connectivity index (χ0v) is 14.0. The molecule has 126 valence electrons. The number of nitrogens with one attached hydrogen (secondary N) is 1. The number of hydrogen-bond donors (Lipinski definition) is 1. The molecule has 3 aromatic rings. The Hall–Kier alpha value is -2.70. The smallest absolute Gasteiger partial charge is 0.257 e. The topological polar surface area (TPSA) is 66.8 Å². The van der Waals surface area contributed by atoms with E-state index in [1.54, 1.807) is 24.2 Å². The SMILES string of the molecule is CCCn1ncc(C(=O)N(C)Cc2nc3ccc(F)cc3[nH]2)c1C. The Morgan fingerprint density at radius 1 is 1.42 bits per heavy atom. The molecule has 2 heterocycles. The molecule has 1 aromatic carbocycles. The number of halogens is 1. The molecule has 0 bridgehead atoms. The maximum Gasteiger partial charge on any atom is 0.257 e. The Labute approximate surface area is 139 Å². The zero-order valence-electron chi connectivity index (χ0n) is 14.0. The van der Waals surface area contributed by atoms with Crippen molar-refractivity contribution in [3.63, 3.8) is 0 Å². The van der Waals surface area contributed by atoms with Crippen molar-refractivity contribution in [1.29, 1.82) is 0 Å². The normalized spacial score (nSPS) is 11.2. The number of carbonyl (C=O) groups excluding carboxylic acids is 1. The molecule has 2 aromatic heterocycles. The second-order valence-corrected chi connectivity index (χ2v) is 5.87. The summed E-state index contributed by atoms with van der Waals surface area (Å²) < 4.78 is 15.1. The third-order valence-corrected chi connectivity index (χ3v) is 4.00. The molecule has 0 saturated heterocycles. The van der Waals surface area contributed by atoms with E-state index in [1.807, 2.05) is 11.6 Å². The minimum atomic E-state index is -0.318. The van der Waals surface area contributed by atoms with E-state index in [9.17, 15) is 9.18 Å². The first-order valence-corrected chi connectivity index (χ1v) is 7.91. The van der Waals surface area contributed by atoms with Gasteiger partial charge in [0, 0.05) is 19.3 Å². The van der Waals surface area contributed by atoms with E-state index in [2.05, 4.69) is 22.0 Å². The van der Waals surface area contributed by atoms with Crippen molar-refractivity contribution in [2.45, 2.75) is 33.4 Å². The first kappa shape index (κ1) is 16.2. The third kappa shape index (κ3) is 3.02. The molecule has 0 aliphatic heterocycles. The number of fused-ring (bicyclic) bond motifs is 1. The van der Waals surface area contributed by atoms with Crippen LogP contribution in [0.3, 0.4) is 0 Å². The Balaban J connectivity index is 1.78. The molecule has 24 heavy (non-hydrogen) atoms. The van der Waals surface area contributed by atoms with Gasteiger partial charge in [0.2, 0.25) is 0 Å². The summed E-state index contributed by atoms with van der Waals surface area (Å²) in [5, 5.41) is 4.26. The van der Waals surface area contributed by atoms with Crippen LogP contribution < -0.4 is 0 Å². The highest BCUT2D eigenvalue weighted by molar-refractivity contribution is 5.94. The van der Waals surface area contributed by atoms with Crippen molar-refractivity contribution in [1.82, 2.24) is 24.6 Å². The zero-order chi connectivity index (χ0) is 17.3. The summed E-state index contributed by atoms with van der Waals surface area (Å²) in [4.78, 5) is 21.6. The summed E-state index contributed by atoms with van der Waals surface area (Å²) in [5.41, 5.74) is 2.76. The molecule has 6 nitrogen and oxygen atoms in total. The minimum absolute atomic E-state index is 0.110. The molecule has 3 rings (SSSR count). The highest BCUT2D eigenvalue weighted by Crippen LogP contribution is 2.15. The van der Waals surface area contributed by atoms with Gasteiger partial charge in [0.05, 0.1) is 29.3 Å². The van der Waals surface area contributed by atoms with E-state index in [0.29, 0.717) is 29.0 Å². The number of benzene rings is 1. The molecular formula is C17H20FN5O. The average Bonchev–Trinajstić information content (AvgIpc) is 3.10. The summed E-state index contributed by atoms with van der Waals surface area (Å²) >= 11 is 0. The molecule has 7 heteroatoms. The fourth-order valence-corrected chi connectivity index (χ4v) is 2.71. The first-order valence-electron chi connectivity index (χ1n) is 7.91. The quantitative estimate of drug-likeness (QED) is 0.783. The van der Waals surface area contributed by atoms with Gasteiger partial charge in [0.15, 0.2) is 0 Å². The van der Waals surface area contributed by atoms with Gasteiger partial charge < -0.3 is 9.88 Å². The minimum Gasteiger partial charge on any atom is -0.340 e. The molecule has 0 aliphatic carbocycles. The van der Waals surface area contributed by atoms with E-state index in [1.165, 1.54) is 12.1 Å². The number of rotatable bonds is 5. The number of aromatic amines is 1. The lowest BCUT2D eigenvalue weighted by Gasteiger charge is -2.15. The van der Waals surface area contributed by atoms with Crippen molar-refractivity contribution in [3.8, 4) is 0 Å². The fourth-order valence-electron chi connectivity index (χ4n) is 2.71. The predicted molar refractivity (Wildman–Crippen MR) is 89.1 cm³/mol. The number of imidazole rings is 1. The maximum atomic E-state index is 13.2. The van der Waals surface area contributed by atoms with E-state index in [4.69, 9.17) is 0 Å². The highest BCUT2D eigenvalue weighted by Gasteiger charge is 2.19. The number of H-pyrrole nitrogens is 1. The molecule has 0 atom stereocenters. The van der Waals surface area contributed by atoms with Gasteiger partial charge >= 0.3 is 0 Å². The Morgan fingerprint density at radius 2 is 2.21 bits per heavy atom. The summed E-state index contributed by atoms with van der Waals surface area (Å²) in [6.07, 6.45) is 2.57. The van der Waals surface area contributed by atoms with Crippen molar-refractivity contribution in [2.24, 2.45) is 0 Å². The van der Waals surface area contributed by atoms with Crippen LogP contribution in [0.25, 0.3) is 11.0 Å². The summed E-state index contributed by atoms with van der Waals surface area (Å²) in [6, 6.07) is 4.38. The number of nitrogens with zero attached hydrogens (tertiary/aromatic N) is 4. The lowest BCUT2D eigenvalue weighted by molar-refractivity contribution is 0.0781. The van der Waals surface area contributed by atoms with Crippen LogP contribution in [0.15, 0.2) is 24.4 Å². The summed E-state index contributed by atoms with van der Waals surface area (Å²) in [6.45, 7) is 5.07. The molecule has 0 saturated carbocycles. The Bertz CT molecular complexity index is 882.